The number of halogens is 3. The maximum Gasteiger partial charge on any atom is 0.248 e. The first-order chi connectivity index (χ1) is 8.05. The van der Waals surface area contributed by atoms with Gasteiger partial charge in [-0.3, -0.25) is 4.99 Å². The van der Waals surface area contributed by atoms with Crippen molar-refractivity contribution >= 4 is 29.9 Å². The predicted molar refractivity (Wildman–Crippen MR) is 79.6 cm³/mol. The third-order valence-electron chi connectivity index (χ3n) is 3.65. The highest BCUT2D eigenvalue weighted by Gasteiger charge is 2.44. The van der Waals surface area contributed by atoms with Crippen LogP contribution in [0.25, 0.3) is 0 Å². The van der Waals surface area contributed by atoms with Gasteiger partial charge in [0.05, 0.1) is 0 Å². The van der Waals surface area contributed by atoms with Crippen LogP contribution in [0.2, 0.25) is 0 Å². The Kier molecular flexibility index (Phi) is 6.07. The topological polar surface area (TPSA) is 50.4 Å². The van der Waals surface area contributed by atoms with Crippen molar-refractivity contribution in [1.29, 1.82) is 0 Å². The molecule has 2 fully saturated rings. The fraction of sp³-hybridized carbons (Fsp3) is 0.917. The molecule has 2 saturated carbocycles. The van der Waals surface area contributed by atoms with Crippen LogP contribution >= 0.6 is 24.0 Å². The van der Waals surface area contributed by atoms with Crippen LogP contribution in [0.3, 0.4) is 0 Å². The molecule has 0 radical (unpaired) electrons. The molecule has 0 aromatic carbocycles. The van der Waals surface area contributed by atoms with E-state index in [4.69, 9.17) is 5.73 Å². The fourth-order valence-corrected chi connectivity index (χ4v) is 2.64. The second kappa shape index (κ2) is 6.86. The van der Waals surface area contributed by atoms with Crippen molar-refractivity contribution in [2.75, 3.05) is 6.54 Å². The van der Waals surface area contributed by atoms with Crippen LogP contribution in [-0.4, -0.2) is 24.5 Å². The molecule has 0 amide bonds. The Labute approximate surface area is 124 Å². The van der Waals surface area contributed by atoms with Gasteiger partial charge in [-0.2, -0.15) is 0 Å². The summed E-state index contributed by atoms with van der Waals surface area (Å²) in [6, 6.07) is 0.426. The molecule has 0 spiro atoms. The second-order valence-electron chi connectivity index (χ2n) is 5.34. The Hall–Kier alpha value is -0.140. The third kappa shape index (κ3) is 4.85. The summed E-state index contributed by atoms with van der Waals surface area (Å²) in [5, 5.41) is 3.18. The normalized spacial score (nSPS) is 25.1. The van der Waals surface area contributed by atoms with Crippen LogP contribution in [0.4, 0.5) is 8.78 Å². The summed E-state index contributed by atoms with van der Waals surface area (Å²) in [7, 11) is 0. The van der Waals surface area contributed by atoms with Gasteiger partial charge in [-0.1, -0.05) is 19.3 Å². The molecule has 18 heavy (non-hydrogen) atoms. The van der Waals surface area contributed by atoms with Gasteiger partial charge in [0.1, 0.15) is 0 Å². The number of hydrogen-bond donors (Lipinski definition) is 2. The van der Waals surface area contributed by atoms with E-state index in [1.807, 2.05) is 0 Å². The molecule has 2 aliphatic rings. The summed E-state index contributed by atoms with van der Waals surface area (Å²) in [4.78, 5) is 4.16. The first kappa shape index (κ1) is 15.9. The van der Waals surface area contributed by atoms with Crippen molar-refractivity contribution in [3.05, 3.63) is 0 Å². The van der Waals surface area contributed by atoms with E-state index < -0.39 is 5.92 Å². The van der Waals surface area contributed by atoms with Crippen LogP contribution < -0.4 is 11.1 Å². The largest absolute Gasteiger partial charge is 0.370 e. The van der Waals surface area contributed by atoms with E-state index in [1.165, 1.54) is 19.3 Å². The average molecular weight is 373 g/mol. The van der Waals surface area contributed by atoms with E-state index in [0.29, 0.717) is 18.5 Å². The van der Waals surface area contributed by atoms with Crippen LogP contribution in [0.15, 0.2) is 4.99 Å². The molecule has 0 aromatic heterocycles. The lowest BCUT2D eigenvalue weighted by Crippen LogP contribution is -2.42. The Morgan fingerprint density at radius 2 is 1.83 bits per heavy atom. The number of nitrogens with zero attached hydrogens (tertiary/aromatic N) is 1. The van der Waals surface area contributed by atoms with Crippen LogP contribution in [-0.2, 0) is 0 Å². The van der Waals surface area contributed by atoms with E-state index in [0.717, 1.165) is 12.8 Å². The lowest BCUT2D eigenvalue weighted by Gasteiger charge is -2.33. The van der Waals surface area contributed by atoms with Crippen LogP contribution in [0.1, 0.15) is 44.9 Å². The molecule has 2 aliphatic carbocycles. The first-order valence-corrected chi connectivity index (χ1v) is 6.49. The summed E-state index contributed by atoms with van der Waals surface area (Å²) in [6.07, 6.45) is 5.97. The minimum Gasteiger partial charge on any atom is -0.370 e. The van der Waals surface area contributed by atoms with E-state index in [9.17, 15) is 8.78 Å². The highest BCUT2D eigenvalue weighted by molar-refractivity contribution is 14.0. The summed E-state index contributed by atoms with van der Waals surface area (Å²) in [6.45, 7) is 0.432. The van der Waals surface area contributed by atoms with Gasteiger partial charge < -0.3 is 11.1 Å². The SMILES string of the molecule is I.NC(=NCC1CC(F)(F)C1)NC1CCCCC1. The number of hydrogen-bond acceptors (Lipinski definition) is 1. The molecule has 0 bridgehead atoms. The van der Waals surface area contributed by atoms with Crippen molar-refractivity contribution in [3.8, 4) is 0 Å². The Morgan fingerprint density at radius 1 is 1.22 bits per heavy atom. The Balaban J connectivity index is 0.00000162. The van der Waals surface area contributed by atoms with Crippen LogP contribution in [0, 0.1) is 5.92 Å². The lowest BCUT2D eigenvalue weighted by molar-refractivity contribution is -0.107. The fourth-order valence-electron chi connectivity index (χ4n) is 2.64. The van der Waals surface area contributed by atoms with Crippen LogP contribution in [0.5, 0.6) is 0 Å². The number of aliphatic imine (C=N–C) groups is 1. The van der Waals surface area contributed by atoms with Crippen molar-refractivity contribution in [2.24, 2.45) is 16.6 Å². The molecule has 0 aromatic rings. The molecule has 0 aliphatic heterocycles. The average Bonchev–Trinajstić information content (AvgIpc) is 2.25. The number of alkyl halides is 2. The third-order valence-corrected chi connectivity index (χ3v) is 3.65. The van der Waals surface area contributed by atoms with Gasteiger partial charge in [0.25, 0.3) is 0 Å². The number of nitrogens with one attached hydrogen (secondary N) is 1. The monoisotopic (exact) mass is 373 g/mol. The summed E-state index contributed by atoms with van der Waals surface area (Å²) in [5.74, 6) is -2.02. The standard InChI is InChI=1S/C12H21F2N3.HI/c13-12(14)6-9(7-12)8-16-11(15)17-10-4-2-1-3-5-10;/h9-10H,1-8H2,(H3,15,16,17);1H. The van der Waals surface area contributed by atoms with Gasteiger partial charge in [-0.25, -0.2) is 8.78 Å². The summed E-state index contributed by atoms with van der Waals surface area (Å²) in [5.41, 5.74) is 5.75. The molecular formula is C12H22F2IN3. The number of nitrogens with two attached hydrogens (primary N) is 1. The van der Waals surface area contributed by atoms with E-state index in [1.54, 1.807) is 0 Å². The smallest absolute Gasteiger partial charge is 0.248 e. The van der Waals surface area contributed by atoms with Gasteiger partial charge >= 0.3 is 0 Å². The first-order valence-electron chi connectivity index (χ1n) is 6.49. The Bertz CT molecular complexity index is 283. The van der Waals surface area contributed by atoms with Gasteiger partial charge in [-0.15, -0.1) is 24.0 Å². The van der Waals surface area contributed by atoms with Crippen molar-refractivity contribution in [3.63, 3.8) is 0 Å². The zero-order valence-electron chi connectivity index (χ0n) is 10.5. The zero-order valence-corrected chi connectivity index (χ0v) is 12.8. The highest BCUT2D eigenvalue weighted by atomic mass is 127. The molecule has 0 saturated heterocycles. The maximum absolute atomic E-state index is 12.6. The zero-order chi connectivity index (χ0) is 12.3. The van der Waals surface area contributed by atoms with E-state index >= 15 is 0 Å². The molecule has 106 valence electrons. The minimum atomic E-state index is -2.45. The number of rotatable bonds is 3. The van der Waals surface area contributed by atoms with Gasteiger partial charge in [0.15, 0.2) is 5.96 Å². The van der Waals surface area contributed by atoms with Crippen molar-refractivity contribution in [2.45, 2.75) is 56.9 Å². The van der Waals surface area contributed by atoms with Crippen molar-refractivity contribution < 1.29 is 8.78 Å². The second-order valence-corrected chi connectivity index (χ2v) is 5.34. The Morgan fingerprint density at radius 3 is 2.39 bits per heavy atom. The molecule has 0 heterocycles. The lowest BCUT2D eigenvalue weighted by atomic mass is 9.81. The van der Waals surface area contributed by atoms with E-state index in [2.05, 4.69) is 10.3 Å². The van der Waals surface area contributed by atoms with Gasteiger partial charge in [0.2, 0.25) is 5.92 Å². The van der Waals surface area contributed by atoms with Crippen molar-refractivity contribution in [1.82, 2.24) is 5.32 Å². The maximum atomic E-state index is 12.6. The molecule has 3 nitrogen and oxygen atoms in total. The number of guanidine groups is 1. The highest BCUT2D eigenvalue weighted by Crippen LogP contribution is 2.42. The van der Waals surface area contributed by atoms with E-state index in [-0.39, 0.29) is 42.7 Å². The van der Waals surface area contributed by atoms with Gasteiger partial charge in [0, 0.05) is 25.4 Å². The summed E-state index contributed by atoms with van der Waals surface area (Å²) < 4.78 is 25.2. The molecule has 2 rings (SSSR count). The molecule has 0 atom stereocenters. The molecule has 3 N–H and O–H groups in total. The predicted octanol–water partition coefficient (Wildman–Crippen LogP) is 2.89. The molecule has 6 heteroatoms. The molecule has 0 unspecified atom stereocenters. The summed E-state index contributed by atoms with van der Waals surface area (Å²) >= 11 is 0. The quantitative estimate of drug-likeness (QED) is 0.454. The molecular weight excluding hydrogens is 351 g/mol. The minimum absolute atomic E-state index is 0. The van der Waals surface area contributed by atoms with Gasteiger partial charge in [-0.05, 0) is 18.8 Å².